The summed E-state index contributed by atoms with van der Waals surface area (Å²) in [5.41, 5.74) is 2.25. The molecule has 2 atom stereocenters. The molecular formula is C32H48ClFN4O3Si2. The van der Waals surface area contributed by atoms with Gasteiger partial charge in [-0.05, 0) is 86.0 Å². The molecule has 0 heterocycles. The number of benzene rings is 2. The Bertz CT molecular complexity index is 1410. The fourth-order valence-corrected chi connectivity index (χ4v) is 6.36. The van der Waals surface area contributed by atoms with Gasteiger partial charge in [-0.25, -0.2) is 4.39 Å². The van der Waals surface area contributed by atoms with Gasteiger partial charge in [-0.15, -0.1) is 5.10 Å². The summed E-state index contributed by atoms with van der Waals surface area (Å²) < 4.78 is 34.1. The molecule has 3 N–H and O–H groups in total. The molecule has 11 heteroatoms. The third-order valence-electron chi connectivity index (χ3n) is 8.62. The highest BCUT2D eigenvalue weighted by atomic mass is 35.5. The molecule has 43 heavy (non-hydrogen) atoms. The number of rotatable bonds is 10. The zero-order valence-corrected chi connectivity index (χ0v) is 30.5. The normalized spacial score (nSPS) is 14.5. The van der Waals surface area contributed by atoms with E-state index in [1.54, 1.807) is 24.3 Å². The Labute approximate surface area is 264 Å². The van der Waals surface area contributed by atoms with Gasteiger partial charge < -0.3 is 24.7 Å². The highest BCUT2D eigenvalue weighted by Crippen LogP contribution is 2.40. The Morgan fingerprint density at radius 2 is 1.65 bits per heavy atom. The Kier molecular flexibility index (Phi) is 11.3. The first-order valence-electron chi connectivity index (χ1n) is 14.3. The van der Waals surface area contributed by atoms with E-state index in [-0.39, 0.29) is 27.5 Å². The molecule has 0 fully saturated rings. The number of nitrogens with zero attached hydrogens (tertiary/aromatic N) is 2. The number of ether oxygens (including phenoxy) is 1. The molecule has 0 radical (unpaired) electrons. The van der Waals surface area contributed by atoms with E-state index in [9.17, 15) is 9.65 Å². The maximum absolute atomic E-state index is 14.9. The van der Waals surface area contributed by atoms with Crippen LogP contribution < -0.4 is 15.6 Å². The monoisotopic (exact) mass is 646 g/mol. The van der Waals surface area contributed by atoms with Gasteiger partial charge in [0.25, 0.3) is 8.32 Å². The second kappa shape index (κ2) is 13.4. The van der Waals surface area contributed by atoms with Crippen LogP contribution in [0.3, 0.4) is 0 Å². The molecule has 2 aromatic carbocycles. The molecule has 2 rings (SSSR count). The SMILES string of the molecule is C=C(O/C(=N\N)C(Nc1ccc(C#N)c(Cl)c1C)[C@H](C)O[Si](C)(C)C(C)(C)C)c1ccc(F)c(O[Si](C)(C)C(C)(C)C)c1. The number of nitrogens with two attached hydrogens (primary N) is 1. The van der Waals surface area contributed by atoms with Crippen molar-refractivity contribution < 1.29 is 18.0 Å². The smallest absolute Gasteiger partial charge is 0.250 e. The standard InChI is InChI=1S/C32H48ClFN4O3Si2/c1-20-26(17-15-24(19-35)28(20)33)37-29(22(3)40-42(10,11)31(4,5)6)30(38-36)39-21(2)23-14-16-25(34)27(18-23)41-43(12,13)32(7,8)9/h14-18,22,29,37H,2,36H2,1,3-13H3/b38-30-/t22-,29?/m0/s1. The lowest BCUT2D eigenvalue weighted by atomic mass is 10.1. The summed E-state index contributed by atoms with van der Waals surface area (Å²) in [5, 5.41) is 17.0. The van der Waals surface area contributed by atoms with E-state index >= 15 is 0 Å². The molecule has 1 unspecified atom stereocenters. The fourth-order valence-electron chi connectivity index (χ4n) is 3.72. The van der Waals surface area contributed by atoms with E-state index in [2.05, 4.69) is 90.8 Å². The highest BCUT2D eigenvalue weighted by molar-refractivity contribution is 6.75. The van der Waals surface area contributed by atoms with Crippen LogP contribution in [0.2, 0.25) is 41.3 Å². The fraction of sp³-hybridized carbons (Fsp3) is 0.500. The summed E-state index contributed by atoms with van der Waals surface area (Å²) in [7, 11) is -4.55. The molecule has 2 aromatic rings. The van der Waals surface area contributed by atoms with Crippen molar-refractivity contribution in [1.82, 2.24) is 0 Å². The van der Waals surface area contributed by atoms with Gasteiger partial charge in [0.1, 0.15) is 23.6 Å². The summed E-state index contributed by atoms with van der Waals surface area (Å²) >= 11 is 6.48. The topological polar surface area (TPSA) is 102 Å². The molecule has 0 amide bonds. The first kappa shape index (κ1) is 36.3. The molecule has 0 saturated carbocycles. The minimum atomic E-state index is -2.31. The molecule has 0 aliphatic rings. The number of hydrazone groups is 1. The van der Waals surface area contributed by atoms with E-state index in [1.807, 2.05) is 13.8 Å². The predicted octanol–water partition coefficient (Wildman–Crippen LogP) is 9.19. The lowest BCUT2D eigenvalue weighted by molar-refractivity contribution is 0.190. The van der Waals surface area contributed by atoms with Crippen LogP contribution >= 0.6 is 11.6 Å². The first-order chi connectivity index (χ1) is 19.6. The molecule has 0 aliphatic heterocycles. The van der Waals surface area contributed by atoms with Gasteiger partial charge in [-0.2, -0.15) is 5.26 Å². The van der Waals surface area contributed by atoms with Crippen LogP contribution in [0, 0.1) is 24.1 Å². The van der Waals surface area contributed by atoms with E-state index in [1.165, 1.54) is 6.07 Å². The van der Waals surface area contributed by atoms with Crippen molar-refractivity contribution in [3.8, 4) is 11.8 Å². The molecular weight excluding hydrogens is 599 g/mol. The summed E-state index contributed by atoms with van der Waals surface area (Å²) in [6.07, 6.45) is -0.449. The Balaban J connectivity index is 2.50. The van der Waals surface area contributed by atoms with Crippen LogP contribution in [0.4, 0.5) is 10.1 Å². The van der Waals surface area contributed by atoms with Gasteiger partial charge in [0.05, 0.1) is 16.7 Å². The lowest BCUT2D eigenvalue weighted by Gasteiger charge is -2.40. The van der Waals surface area contributed by atoms with Crippen LogP contribution in [-0.2, 0) is 9.16 Å². The summed E-state index contributed by atoms with van der Waals surface area (Å²) in [4.78, 5) is 0. The largest absolute Gasteiger partial charge is 0.542 e. The predicted molar refractivity (Wildman–Crippen MR) is 182 cm³/mol. The zero-order chi connectivity index (χ0) is 33.1. The van der Waals surface area contributed by atoms with Gasteiger partial charge in [0, 0.05) is 11.3 Å². The lowest BCUT2D eigenvalue weighted by Crippen LogP contribution is -2.50. The average Bonchev–Trinajstić information content (AvgIpc) is 2.87. The number of hydrogen-bond donors (Lipinski definition) is 2. The van der Waals surface area contributed by atoms with Crippen LogP contribution in [0.15, 0.2) is 42.0 Å². The van der Waals surface area contributed by atoms with Crippen LogP contribution in [0.1, 0.15) is 65.2 Å². The highest BCUT2D eigenvalue weighted by Gasteiger charge is 2.42. The number of nitriles is 1. The Morgan fingerprint density at radius 3 is 2.16 bits per heavy atom. The van der Waals surface area contributed by atoms with Crippen molar-refractivity contribution in [2.45, 2.75) is 104 Å². The quantitative estimate of drug-likeness (QED) is 0.0666. The number of anilines is 1. The van der Waals surface area contributed by atoms with Gasteiger partial charge in [0.15, 0.2) is 14.1 Å². The number of hydrogen-bond acceptors (Lipinski definition) is 7. The van der Waals surface area contributed by atoms with Crippen molar-refractivity contribution in [1.29, 1.82) is 5.26 Å². The minimum absolute atomic E-state index is 0.0569. The van der Waals surface area contributed by atoms with Crippen molar-refractivity contribution in [2.24, 2.45) is 10.9 Å². The van der Waals surface area contributed by atoms with Crippen LogP contribution in [-0.4, -0.2) is 34.7 Å². The molecule has 236 valence electrons. The summed E-state index contributed by atoms with van der Waals surface area (Å²) in [6.45, 7) is 29.0. The van der Waals surface area contributed by atoms with Gasteiger partial charge in [0.2, 0.25) is 5.90 Å². The van der Waals surface area contributed by atoms with Crippen LogP contribution in [0.5, 0.6) is 5.75 Å². The number of halogens is 2. The third-order valence-corrected chi connectivity index (χ3v) is 18.0. The van der Waals surface area contributed by atoms with E-state index in [4.69, 9.17) is 31.0 Å². The maximum atomic E-state index is 14.9. The van der Waals surface area contributed by atoms with Gasteiger partial charge >= 0.3 is 0 Å². The van der Waals surface area contributed by atoms with Crippen molar-refractivity contribution in [2.75, 3.05) is 5.32 Å². The molecule has 0 bridgehead atoms. The number of nitrogens with one attached hydrogen (secondary N) is 1. The third kappa shape index (κ3) is 8.63. The van der Waals surface area contributed by atoms with Crippen molar-refractivity contribution in [3.05, 3.63) is 64.4 Å². The zero-order valence-electron chi connectivity index (χ0n) is 27.7. The average molecular weight is 647 g/mol. The first-order valence-corrected chi connectivity index (χ1v) is 20.5. The van der Waals surface area contributed by atoms with E-state index in [0.717, 1.165) is 0 Å². The molecule has 0 aromatic heterocycles. The maximum Gasteiger partial charge on any atom is 0.250 e. The Hall–Kier alpha value is -2.85. The van der Waals surface area contributed by atoms with Crippen molar-refractivity contribution in [3.63, 3.8) is 0 Å². The van der Waals surface area contributed by atoms with Crippen LogP contribution in [0.25, 0.3) is 5.76 Å². The Morgan fingerprint density at radius 1 is 1.07 bits per heavy atom. The molecule has 0 aliphatic carbocycles. The molecule has 0 spiro atoms. The van der Waals surface area contributed by atoms with E-state index in [0.29, 0.717) is 27.4 Å². The molecule has 7 nitrogen and oxygen atoms in total. The second-order valence-electron chi connectivity index (χ2n) is 13.9. The second-order valence-corrected chi connectivity index (χ2v) is 23.8. The van der Waals surface area contributed by atoms with Gasteiger partial charge in [-0.3, -0.25) is 0 Å². The summed E-state index contributed by atoms with van der Waals surface area (Å²) in [6, 6.07) is 9.37. The summed E-state index contributed by atoms with van der Waals surface area (Å²) in [5.74, 6) is 5.95. The van der Waals surface area contributed by atoms with E-state index < -0.39 is 34.6 Å². The van der Waals surface area contributed by atoms with Crippen molar-refractivity contribution >= 4 is 45.6 Å². The van der Waals surface area contributed by atoms with Gasteiger partial charge in [-0.1, -0.05) is 59.7 Å². The molecule has 0 saturated heterocycles. The minimum Gasteiger partial charge on any atom is -0.542 e.